The monoisotopic (exact) mass is 395 g/mol. The lowest BCUT2D eigenvalue weighted by atomic mass is 10.2. The summed E-state index contributed by atoms with van der Waals surface area (Å²) in [6.45, 7) is 2.21. The molecule has 0 aromatic heterocycles. The van der Waals surface area contributed by atoms with Gasteiger partial charge in [-0.15, -0.1) is 0 Å². The molecule has 1 aliphatic heterocycles. The quantitative estimate of drug-likeness (QED) is 0.734. The fraction of sp³-hybridized carbons (Fsp3) is 0.462. The molecule has 1 aromatic rings. The summed E-state index contributed by atoms with van der Waals surface area (Å²) in [7, 11) is -3.82. The number of nitrogens with zero attached hydrogens (tertiary/aromatic N) is 1. The molecule has 8 heteroatoms. The highest BCUT2D eigenvalue weighted by Gasteiger charge is 2.41. The van der Waals surface area contributed by atoms with E-state index < -0.39 is 22.0 Å². The SMILES string of the molecule is CCOC(=O)C1CCCN1S(=O)(=O)c1ccc(Br)cc1Cl. The van der Waals surface area contributed by atoms with Crippen LogP contribution in [0.3, 0.4) is 0 Å². The van der Waals surface area contributed by atoms with Gasteiger partial charge >= 0.3 is 5.97 Å². The molecule has 1 atom stereocenters. The average molecular weight is 397 g/mol. The molecule has 0 aliphatic carbocycles. The van der Waals surface area contributed by atoms with Crippen LogP contribution in [0.2, 0.25) is 5.02 Å². The van der Waals surface area contributed by atoms with Crippen LogP contribution in [-0.4, -0.2) is 37.9 Å². The minimum absolute atomic E-state index is 0.00330. The van der Waals surface area contributed by atoms with Crippen molar-refractivity contribution in [2.45, 2.75) is 30.7 Å². The van der Waals surface area contributed by atoms with E-state index in [0.717, 1.165) is 0 Å². The number of ether oxygens (including phenoxy) is 1. The number of carbonyl (C=O) groups is 1. The second kappa shape index (κ2) is 6.64. The molecule has 1 fully saturated rings. The molecule has 0 amide bonds. The van der Waals surface area contributed by atoms with Crippen molar-refractivity contribution in [2.75, 3.05) is 13.2 Å². The predicted octanol–water partition coefficient (Wildman–Crippen LogP) is 2.82. The fourth-order valence-electron chi connectivity index (χ4n) is 2.31. The lowest BCUT2D eigenvalue weighted by Gasteiger charge is -2.23. The minimum atomic E-state index is -3.82. The van der Waals surface area contributed by atoms with Crippen molar-refractivity contribution >= 4 is 43.5 Å². The van der Waals surface area contributed by atoms with Gasteiger partial charge in [-0.05, 0) is 38.0 Å². The van der Waals surface area contributed by atoms with Crippen molar-refractivity contribution in [1.29, 1.82) is 0 Å². The Hall–Kier alpha value is -0.630. The zero-order chi connectivity index (χ0) is 15.6. The number of hydrogen-bond donors (Lipinski definition) is 0. The van der Waals surface area contributed by atoms with Crippen LogP contribution in [0.15, 0.2) is 27.6 Å². The molecular weight excluding hydrogens is 382 g/mol. The number of sulfonamides is 1. The van der Waals surface area contributed by atoms with Crippen LogP contribution in [0.4, 0.5) is 0 Å². The first-order chi connectivity index (χ1) is 9.87. The maximum atomic E-state index is 12.7. The van der Waals surface area contributed by atoms with E-state index in [9.17, 15) is 13.2 Å². The van der Waals surface area contributed by atoms with Crippen molar-refractivity contribution in [3.63, 3.8) is 0 Å². The summed E-state index contributed by atoms with van der Waals surface area (Å²) in [6.07, 6.45) is 1.09. The lowest BCUT2D eigenvalue weighted by Crippen LogP contribution is -2.41. The van der Waals surface area contributed by atoms with E-state index in [2.05, 4.69) is 15.9 Å². The van der Waals surface area contributed by atoms with Crippen LogP contribution >= 0.6 is 27.5 Å². The largest absolute Gasteiger partial charge is 0.465 e. The van der Waals surface area contributed by atoms with Gasteiger partial charge in [0.2, 0.25) is 10.0 Å². The number of esters is 1. The van der Waals surface area contributed by atoms with Crippen molar-refractivity contribution < 1.29 is 17.9 Å². The van der Waals surface area contributed by atoms with Crippen molar-refractivity contribution in [3.05, 3.63) is 27.7 Å². The zero-order valence-corrected chi connectivity index (χ0v) is 14.5. The third-order valence-electron chi connectivity index (χ3n) is 3.24. The first-order valence-electron chi connectivity index (χ1n) is 6.51. The Kier molecular flexibility index (Phi) is 5.29. The molecule has 5 nitrogen and oxygen atoms in total. The Morgan fingerprint density at radius 3 is 2.86 bits per heavy atom. The van der Waals surface area contributed by atoms with E-state index >= 15 is 0 Å². The second-order valence-electron chi connectivity index (χ2n) is 4.60. The smallest absolute Gasteiger partial charge is 0.324 e. The van der Waals surface area contributed by atoms with E-state index in [1.165, 1.54) is 16.4 Å². The number of rotatable bonds is 4. The second-order valence-corrected chi connectivity index (χ2v) is 7.78. The standard InChI is InChI=1S/C13H15BrClNO4S/c1-2-20-13(17)11-4-3-7-16(11)21(18,19)12-6-5-9(14)8-10(12)15/h5-6,8,11H,2-4,7H2,1H3. The van der Waals surface area contributed by atoms with Crippen LogP contribution in [-0.2, 0) is 19.6 Å². The Morgan fingerprint density at radius 2 is 2.24 bits per heavy atom. The summed E-state index contributed by atoms with van der Waals surface area (Å²) in [5, 5.41) is 0.124. The highest BCUT2D eigenvalue weighted by molar-refractivity contribution is 9.10. The Balaban J connectivity index is 2.36. The fourth-order valence-corrected chi connectivity index (χ4v) is 4.97. The van der Waals surface area contributed by atoms with Crippen molar-refractivity contribution in [3.8, 4) is 0 Å². The summed E-state index contributed by atoms with van der Waals surface area (Å²) < 4.78 is 32.2. The van der Waals surface area contributed by atoms with Crippen LogP contribution < -0.4 is 0 Å². The van der Waals surface area contributed by atoms with Gasteiger partial charge in [-0.25, -0.2) is 8.42 Å². The maximum Gasteiger partial charge on any atom is 0.324 e. The lowest BCUT2D eigenvalue weighted by molar-refractivity contribution is -0.146. The van der Waals surface area contributed by atoms with Crippen molar-refractivity contribution in [2.24, 2.45) is 0 Å². The van der Waals surface area contributed by atoms with Gasteiger partial charge in [0.25, 0.3) is 0 Å². The molecule has 1 unspecified atom stereocenters. The first kappa shape index (κ1) is 16.7. The van der Waals surface area contributed by atoms with E-state index in [0.29, 0.717) is 17.3 Å². The predicted molar refractivity (Wildman–Crippen MR) is 82.7 cm³/mol. The van der Waals surface area contributed by atoms with Gasteiger partial charge in [-0.1, -0.05) is 27.5 Å². The molecule has 1 aromatic carbocycles. The third kappa shape index (κ3) is 3.41. The molecule has 0 N–H and O–H groups in total. The minimum Gasteiger partial charge on any atom is -0.465 e. The van der Waals surface area contributed by atoms with Crippen LogP contribution in [0.5, 0.6) is 0 Å². The van der Waals surface area contributed by atoms with Gasteiger partial charge in [-0.2, -0.15) is 4.31 Å². The van der Waals surface area contributed by atoms with E-state index in [4.69, 9.17) is 16.3 Å². The van der Waals surface area contributed by atoms with Gasteiger partial charge in [0.1, 0.15) is 10.9 Å². The van der Waals surface area contributed by atoms with Gasteiger partial charge in [0.05, 0.1) is 11.6 Å². The summed E-state index contributed by atoms with van der Waals surface area (Å²) in [4.78, 5) is 11.9. The molecule has 0 radical (unpaired) electrons. The van der Waals surface area contributed by atoms with Crippen LogP contribution in [0, 0.1) is 0 Å². The van der Waals surface area contributed by atoms with Gasteiger partial charge in [-0.3, -0.25) is 4.79 Å². The number of benzene rings is 1. The molecule has 0 spiro atoms. The maximum absolute atomic E-state index is 12.7. The topological polar surface area (TPSA) is 63.7 Å². The first-order valence-corrected chi connectivity index (χ1v) is 9.12. The molecule has 1 aliphatic rings. The molecule has 21 heavy (non-hydrogen) atoms. The summed E-state index contributed by atoms with van der Waals surface area (Å²) in [6, 6.07) is 3.79. The normalized spacial score (nSPS) is 19.7. The highest BCUT2D eigenvalue weighted by Crippen LogP contribution is 2.32. The molecular formula is C13H15BrClNO4S. The zero-order valence-electron chi connectivity index (χ0n) is 11.4. The molecule has 1 saturated heterocycles. The van der Waals surface area contributed by atoms with Crippen LogP contribution in [0.1, 0.15) is 19.8 Å². The molecule has 1 heterocycles. The van der Waals surface area contributed by atoms with E-state index in [1.807, 2.05) is 0 Å². The Bertz CT molecular complexity index is 650. The number of halogens is 2. The molecule has 116 valence electrons. The van der Waals surface area contributed by atoms with Crippen molar-refractivity contribution in [1.82, 2.24) is 4.31 Å². The average Bonchev–Trinajstić information content (AvgIpc) is 2.88. The van der Waals surface area contributed by atoms with Gasteiger partial charge < -0.3 is 4.74 Å². The van der Waals surface area contributed by atoms with Gasteiger partial charge in [0.15, 0.2) is 0 Å². The van der Waals surface area contributed by atoms with Crippen LogP contribution in [0.25, 0.3) is 0 Å². The number of carbonyl (C=O) groups excluding carboxylic acids is 1. The molecule has 0 bridgehead atoms. The molecule has 2 rings (SSSR count). The highest BCUT2D eigenvalue weighted by atomic mass is 79.9. The summed E-state index contributed by atoms with van der Waals surface area (Å²) in [5.74, 6) is -0.508. The summed E-state index contributed by atoms with van der Waals surface area (Å²) >= 11 is 9.26. The molecule has 0 saturated carbocycles. The third-order valence-corrected chi connectivity index (χ3v) is 6.13. The Morgan fingerprint density at radius 1 is 1.52 bits per heavy atom. The Labute approximate surface area is 137 Å². The van der Waals surface area contributed by atoms with E-state index in [1.54, 1.807) is 13.0 Å². The van der Waals surface area contributed by atoms with Gasteiger partial charge in [0, 0.05) is 11.0 Å². The summed E-state index contributed by atoms with van der Waals surface area (Å²) in [5.41, 5.74) is 0. The number of hydrogen-bond acceptors (Lipinski definition) is 4. The van der Waals surface area contributed by atoms with E-state index in [-0.39, 0.29) is 23.1 Å².